The van der Waals surface area contributed by atoms with Crippen molar-refractivity contribution < 1.29 is 4.79 Å². The third kappa shape index (κ3) is 2.05. The Morgan fingerprint density at radius 1 is 1.44 bits per heavy atom. The molecule has 0 aliphatic carbocycles. The summed E-state index contributed by atoms with van der Waals surface area (Å²) in [4.78, 5) is 11.2. The number of nitrogens with zero attached hydrogens (tertiary/aromatic N) is 2. The number of aromatic nitrogens is 2. The van der Waals surface area contributed by atoms with Crippen LogP contribution < -0.4 is 5.73 Å². The molecule has 0 radical (unpaired) electrons. The summed E-state index contributed by atoms with van der Waals surface area (Å²) in [5.41, 5.74) is 8.70. The molecule has 0 amide bonds. The molecule has 4 heteroatoms. The van der Waals surface area contributed by atoms with E-state index in [4.69, 9.17) is 5.73 Å². The molecule has 2 aromatic heterocycles. The molecule has 4 nitrogen and oxygen atoms in total. The second-order valence-electron chi connectivity index (χ2n) is 3.38. The summed E-state index contributed by atoms with van der Waals surface area (Å²) in [6, 6.07) is 1.91. The number of Topliss-reactive ketones (excluding diaryl/α,β-unsaturated/α-hetero) is 1. The standard InChI is InChI=1S/C10H11N3O.C2H6/c1-6-3-9-10(11)8(7(2)14)4-12-13(9)5-6;1-2/h3-5H,11H2,1-2H3;1-2H3. The second kappa shape index (κ2) is 4.79. The normalized spacial score (nSPS) is 9.75. The Hall–Kier alpha value is -1.84. The van der Waals surface area contributed by atoms with Crippen molar-refractivity contribution in [3.05, 3.63) is 29.6 Å². The van der Waals surface area contributed by atoms with Crippen LogP contribution in [0.5, 0.6) is 0 Å². The first-order valence-electron chi connectivity index (χ1n) is 5.34. The van der Waals surface area contributed by atoms with Crippen molar-refractivity contribution in [3.63, 3.8) is 0 Å². The lowest BCUT2D eigenvalue weighted by Gasteiger charge is -2.02. The van der Waals surface area contributed by atoms with Crippen molar-refractivity contribution in [2.45, 2.75) is 27.7 Å². The zero-order valence-electron chi connectivity index (χ0n) is 10.1. The number of hydrogen-bond donors (Lipinski definition) is 1. The molecule has 86 valence electrons. The first-order valence-corrected chi connectivity index (χ1v) is 5.34. The molecule has 0 atom stereocenters. The number of nitrogens with two attached hydrogens (primary N) is 1. The van der Waals surface area contributed by atoms with E-state index in [0.717, 1.165) is 11.1 Å². The second-order valence-corrected chi connectivity index (χ2v) is 3.38. The number of anilines is 1. The van der Waals surface area contributed by atoms with Gasteiger partial charge in [0.2, 0.25) is 0 Å². The highest BCUT2D eigenvalue weighted by molar-refractivity contribution is 6.01. The van der Waals surface area contributed by atoms with E-state index in [1.165, 1.54) is 13.1 Å². The van der Waals surface area contributed by atoms with Crippen molar-refractivity contribution >= 4 is 17.0 Å². The lowest BCUT2D eigenvalue weighted by Crippen LogP contribution is -2.04. The average molecular weight is 219 g/mol. The maximum absolute atomic E-state index is 11.2. The van der Waals surface area contributed by atoms with Crippen LogP contribution in [-0.2, 0) is 0 Å². The van der Waals surface area contributed by atoms with Gasteiger partial charge in [0.25, 0.3) is 0 Å². The summed E-state index contributed by atoms with van der Waals surface area (Å²) < 4.78 is 1.68. The Labute approximate surface area is 95.1 Å². The van der Waals surface area contributed by atoms with Crippen LogP contribution in [0.25, 0.3) is 5.52 Å². The van der Waals surface area contributed by atoms with Crippen LogP contribution in [-0.4, -0.2) is 15.4 Å². The number of nitrogen functional groups attached to an aromatic ring is 1. The number of fused-ring (bicyclic) bond motifs is 1. The molecule has 2 aromatic rings. The number of ketones is 1. The van der Waals surface area contributed by atoms with E-state index >= 15 is 0 Å². The predicted molar refractivity (Wildman–Crippen MR) is 65.7 cm³/mol. The largest absolute Gasteiger partial charge is 0.396 e. The van der Waals surface area contributed by atoms with Gasteiger partial charge in [-0.15, -0.1) is 0 Å². The highest BCUT2D eigenvalue weighted by atomic mass is 16.1. The number of aryl methyl sites for hydroxylation is 1. The van der Waals surface area contributed by atoms with Gasteiger partial charge >= 0.3 is 0 Å². The van der Waals surface area contributed by atoms with E-state index in [1.54, 1.807) is 4.52 Å². The van der Waals surface area contributed by atoms with Crippen molar-refractivity contribution in [2.75, 3.05) is 5.73 Å². The SMILES string of the molecule is CC.CC(=O)c1cnn2cc(C)cc2c1N. The monoisotopic (exact) mass is 219 g/mol. The number of carbonyl (C=O) groups is 1. The van der Waals surface area contributed by atoms with Gasteiger partial charge < -0.3 is 5.73 Å². The van der Waals surface area contributed by atoms with E-state index in [0.29, 0.717) is 11.3 Å². The number of carbonyl (C=O) groups excluding carboxylic acids is 1. The Morgan fingerprint density at radius 2 is 2.06 bits per heavy atom. The van der Waals surface area contributed by atoms with Gasteiger partial charge in [-0.2, -0.15) is 5.10 Å². The van der Waals surface area contributed by atoms with E-state index < -0.39 is 0 Å². The van der Waals surface area contributed by atoms with Crippen molar-refractivity contribution in [2.24, 2.45) is 0 Å². The molecule has 0 aliphatic rings. The minimum absolute atomic E-state index is 0.0589. The molecule has 0 saturated carbocycles. The molecule has 2 rings (SSSR count). The van der Waals surface area contributed by atoms with E-state index in [-0.39, 0.29) is 5.78 Å². The van der Waals surface area contributed by atoms with Gasteiger partial charge in [-0.3, -0.25) is 4.79 Å². The molecule has 2 heterocycles. The molecule has 0 saturated heterocycles. The lowest BCUT2D eigenvalue weighted by atomic mass is 10.1. The lowest BCUT2D eigenvalue weighted by molar-refractivity contribution is 0.101. The molecule has 0 bridgehead atoms. The Morgan fingerprint density at radius 3 is 2.62 bits per heavy atom. The zero-order valence-corrected chi connectivity index (χ0v) is 10.1. The predicted octanol–water partition coefficient (Wildman–Crippen LogP) is 2.45. The van der Waals surface area contributed by atoms with Crippen LogP contribution in [0.1, 0.15) is 36.7 Å². The number of rotatable bonds is 1. The zero-order chi connectivity index (χ0) is 12.3. The van der Waals surface area contributed by atoms with Gasteiger partial charge in [-0.05, 0) is 25.5 Å². The van der Waals surface area contributed by atoms with Crippen molar-refractivity contribution in [1.29, 1.82) is 0 Å². The van der Waals surface area contributed by atoms with E-state index in [9.17, 15) is 4.79 Å². The van der Waals surface area contributed by atoms with Gasteiger partial charge in [0, 0.05) is 6.20 Å². The van der Waals surface area contributed by atoms with Gasteiger partial charge in [-0.1, -0.05) is 13.8 Å². The highest BCUT2D eigenvalue weighted by Crippen LogP contribution is 2.19. The fraction of sp³-hybridized carbons (Fsp3) is 0.333. The first kappa shape index (κ1) is 12.2. The van der Waals surface area contributed by atoms with E-state index in [1.807, 2.05) is 33.0 Å². The fourth-order valence-electron chi connectivity index (χ4n) is 1.49. The van der Waals surface area contributed by atoms with Gasteiger partial charge in [0.15, 0.2) is 5.78 Å². The van der Waals surface area contributed by atoms with Crippen molar-refractivity contribution in [3.8, 4) is 0 Å². The Kier molecular flexibility index (Phi) is 3.66. The van der Waals surface area contributed by atoms with Crippen molar-refractivity contribution in [1.82, 2.24) is 9.61 Å². The first-order chi connectivity index (χ1) is 7.59. The number of hydrogen-bond acceptors (Lipinski definition) is 3. The van der Waals surface area contributed by atoms with Crippen LogP contribution in [0.3, 0.4) is 0 Å². The summed E-state index contributed by atoms with van der Waals surface area (Å²) in [6.07, 6.45) is 3.37. The van der Waals surface area contributed by atoms with Crippen LogP contribution >= 0.6 is 0 Å². The molecular weight excluding hydrogens is 202 g/mol. The molecule has 0 unspecified atom stereocenters. The van der Waals surface area contributed by atoms with Crippen LogP contribution in [0.2, 0.25) is 0 Å². The molecule has 0 fully saturated rings. The topological polar surface area (TPSA) is 60.4 Å². The third-order valence-corrected chi connectivity index (χ3v) is 2.19. The maximum atomic E-state index is 11.2. The molecule has 0 aromatic carbocycles. The van der Waals surface area contributed by atoms with Gasteiger partial charge in [0.05, 0.1) is 23.0 Å². The summed E-state index contributed by atoms with van der Waals surface area (Å²) in [7, 11) is 0. The maximum Gasteiger partial charge on any atom is 0.163 e. The van der Waals surface area contributed by atoms with Gasteiger partial charge in [-0.25, -0.2) is 4.52 Å². The van der Waals surface area contributed by atoms with Crippen LogP contribution in [0.15, 0.2) is 18.5 Å². The highest BCUT2D eigenvalue weighted by Gasteiger charge is 2.09. The summed E-state index contributed by atoms with van der Waals surface area (Å²) in [5, 5.41) is 4.10. The van der Waals surface area contributed by atoms with Crippen LogP contribution in [0, 0.1) is 6.92 Å². The molecule has 2 N–H and O–H groups in total. The van der Waals surface area contributed by atoms with E-state index in [2.05, 4.69) is 5.10 Å². The molecule has 0 aliphatic heterocycles. The molecule has 0 spiro atoms. The third-order valence-electron chi connectivity index (χ3n) is 2.19. The Balaban J connectivity index is 0.000000606. The molecule has 16 heavy (non-hydrogen) atoms. The summed E-state index contributed by atoms with van der Waals surface area (Å²) in [6.45, 7) is 7.45. The fourth-order valence-corrected chi connectivity index (χ4v) is 1.49. The Bertz CT molecular complexity index is 514. The van der Waals surface area contributed by atoms with Crippen LogP contribution in [0.4, 0.5) is 5.69 Å². The van der Waals surface area contributed by atoms with Gasteiger partial charge in [0.1, 0.15) is 0 Å². The molecular formula is C12H17N3O. The summed E-state index contributed by atoms with van der Waals surface area (Å²) in [5.74, 6) is -0.0589. The smallest absolute Gasteiger partial charge is 0.163 e. The minimum Gasteiger partial charge on any atom is -0.396 e. The average Bonchev–Trinajstić information content (AvgIpc) is 2.62. The quantitative estimate of drug-likeness (QED) is 0.749. The summed E-state index contributed by atoms with van der Waals surface area (Å²) >= 11 is 0. The minimum atomic E-state index is -0.0589.